The standard InChI is InChI=1S/C14H21ClN2O/c1-9-7-12(18-4)13(10(2)14(9)15)11-8-16-5-6-17(11)3/h7,11,16H,5-6,8H2,1-4H3. The van der Waals surface area contributed by atoms with E-state index in [-0.39, 0.29) is 0 Å². The lowest BCUT2D eigenvalue weighted by Crippen LogP contribution is -2.44. The predicted octanol–water partition coefficient (Wildman–Crippen LogP) is 2.54. The summed E-state index contributed by atoms with van der Waals surface area (Å²) in [6.07, 6.45) is 0. The highest BCUT2D eigenvalue weighted by atomic mass is 35.5. The monoisotopic (exact) mass is 268 g/mol. The van der Waals surface area contributed by atoms with Gasteiger partial charge in [-0.15, -0.1) is 0 Å². The van der Waals surface area contributed by atoms with Crippen molar-refractivity contribution in [2.45, 2.75) is 19.9 Å². The Morgan fingerprint density at radius 1 is 1.44 bits per heavy atom. The molecule has 0 aliphatic carbocycles. The van der Waals surface area contributed by atoms with E-state index >= 15 is 0 Å². The zero-order valence-corrected chi connectivity index (χ0v) is 12.3. The van der Waals surface area contributed by atoms with Crippen LogP contribution >= 0.6 is 11.6 Å². The lowest BCUT2D eigenvalue weighted by atomic mass is 9.95. The van der Waals surface area contributed by atoms with Crippen LogP contribution in [0.15, 0.2) is 6.07 Å². The number of halogens is 1. The van der Waals surface area contributed by atoms with Gasteiger partial charge in [-0.1, -0.05) is 11.6 Å². The molecule has 1 saturated heterocycles. The normalized spacial score (nSPS) is 21.1. The third kappa shape index (κ3) is 2.35. The number of nitrogens with zero attached hydrogens (tertiary/aromatic N) is 1. The quantitative estimate of drug-likeness (QED) is 0.892. The lowest BCUT2D eigenvalue weighted by Gasteiger charge is -2.35. The van der Waals surface area contributed by atoms with Gasteiger partial charge in [-0.25, -0.2) is 0 Å². The first-order valence-electron chi connectivity index (χ1n) is 6.30. The molecule has 18 heavy (non-hydrogen) atoms. The van der Waals surface area contributed by atoms with E-state index in [0.717, 1.165) is 41.5 Å². The fraction of sp³-hybridized carbons (Fsp3) is 0.571. The molecule has 1 fully saturated rings. The zero-order valence-electron chi connectivity index (χ0n) is 11.5. The number of benzene rings is 1. The number of rotatable bonds is 2. The van der Waals surface area contributed by atoms with E-state index in [0.29, 0.717) is 6.04 Å². The summed E-state index contributed by atoms with van der Waals surface area (Å²) in [7, 11) is 3.88. The number of hydrogen-bond donors (Lipinski definition) is 1. The van der Waals surface area contributed by atoms with Crippen LogP contribution in [0.3, 0.4) is 0 Å². The van der Waals surface area contributed by atoms with Gasteiger partial charge in [0.05, 0.1) is 13.2 Å². The van der Waals surface area contributed by atoms with Gasteiger partial charge in [0.25, 0.3) is 0 Å². The molecule has 1 atom stereocenters. The Labute approximate surface area is 114 Å². The van der Waals surface area contributed by atoms with Crippen molar-refractivity contribution in [2.75, 3.05) is 33.8 Å². The highest BCUT2D eigenvalue weighted by Gasteiger charge is 2.26. The number of piperazine rings is 1. The summed E-state index contributed by atoms with van der Waals surface area (Å²) in [4.78, 5) is 2.35. The summed E-state index contributed by atoms with van der Waals surface area (Å²) >= 11 is 6.38. The van der Waals surface area contributed by atoms with Crippen molar-refractivity contribution in [1.29, 1.82) is 0 Å². The van der Waals surface area contributed by atoms with Crippen molar-refractivity contribution in [3.8, 4) is 5.75 Å². The predicted molar refractivity (Wildman–Crippen MR) is 75.7 cm³/mol. The van der Waals surface area contributed by atoms with Crippen LogP contribution in [0.1, 0.15) is 22.7 Å². The summed E-state index contributed by atoms with van der Waals surface area (Å²) in [5.41, 5.74) is 3.41. The van der Waals surface area contributed by atoms with Gasteiger partial charge < -0.3 is 10.1 Å². The smallest absolute Gasteiger partial charge is 0.124 e. The van der Waals surface area contributed by atoms with Crippen molar-refractivity contribution >= 4 is 11.6 Å². The first kappa shape index (κ1) is 13.7. The highest BCUT2D eigenvalue weighted by molar-refractivity contribution is 6.32. The topological polar surface area (TPSA) is 24.5 Å². The Morgan fingerprint density at radius 2 is 2.17 bits per heavy atom. The number of ether oxygens (including phenoxy) is 1. The van der Waals surface area contributed by atoms with E-state index in [1.54, 1.807) is 7.11 Å². The number of aryl methyl sites for hydroxylation is 1. The minimum absolute atomic E-state index is 0.326. The summed E-state index contributed by atoms with van der Waals surface area (Å²) < 4.78 is 5.55. The van der Waals surface area contributed by atoms with Crippen molar-refractivity contribution in [2.24, 2.45) is 0 Å². The van der Waals surface area contributed by atoms with Gasteiger partial charge in [0.1, 0.15) is 5.75 Å². The molecule has 0 radical (unpaired) electrons. The Hall–Kier alpha value is -0.770. The third-order valence-electron chi connectivity index (χ3n) is 3.76. The first-order chi connectivity index (χ1) is 8.56. The van der Waals surface area contributed by atoms with Crippen molar-refractivity contribution in [1.82, 2.24) is 10.2 Å². The second-order valence-corrected chi connectivity index (χ2v) is 5.33. The van der Waals surface area contributed by atoms with Crippen LogP contribution < -0.4 is 10.1 Å². The molecular formula is C14H21ClN2O. The molecule has 2 rings (SSSR count). The van der Waals surface area contributed by atoms with Gasteiger partial charge >= 0.3 is 0 Å². The molecule has 1 aromatic rings. The third-order valence-corrected chi connectivity index (χ3v) is 4.34. The van der Waals surface area contributed by atoms with E-state index < -0.39 is 0 Å². The van der Waals surface area contributed by atoms with Crippen LogP contribution in [0.2, 0.25) is 5.02 Å². The average molecular weight is 269 g/mol. The van der Waals surface area contributed by atoms with Crippen LogP contribution in [0.25, 0.3) is 0 Å². The average Bonchev–Trinajstić information content (AvgIpc) is 2.37. The van der Waals surface area contributed by atoms with Crippen molar-refractivity contribution in [3.05, 3.63) is 27.8 Å². The fourth-order valence-corrected chi connectivity index (χ4v) is 2.80. The van der Waals surface area contributed by atoms with E-state index in [4.69, 9.17) is 16.3 Å². The maximum atomic E-state index is 6.38. The molecule has 0 aromatic heterocycles. The molecule has 0 bridgehead atoms. The van der Waals surface area contributed by atoms with Crippen LogP contribution in [-0.4, -0.2) is 38.7 Å². The fourth-order valence-electron chi connectivity index (χ4n) is 2.65. The van der Waals surface area contributed by atoms with E-state index in [1.165, 1.54) is 5.56 Å². The first-order valence-corrected chi connectivity index (χ1v) is 6.68. The summed E-state index contributed by atoms with van der Waals surface area (Å²) in [5.74, 6) is 0.940. The SMILES string of the molecule is COc1cc(C)c(Cl)c(C)c1C1CNCCN1C. The van der Waals surface area contributed by atoms with Gasteiger partial charge in [-0.05, 0) is 38.1 Å². The molecule has 100 valence electrons. The van der Waals surface area contributed by atoms with Gasteiger partial charge in [0, 0.05) is 30.2 Å². The molecule has 3 nitrogen and oxygen atoms in total. The molecular weight excluding hydrogens is 248 g/mol. The van der Waals surface area contributed by atoms with E-state index in [2.05, 4.69) is 24.2 Å². The molecule has 0 spiro atoms. The van der Waals surface area contributed by atoms with E-state index in [9.17, 15) is 0 Å². The number of likely N-dealkylation sites (N-methyl/N-ethyl adjacent to an activating group) is 1. The van der Waals surface area contributed by atoms with Crippen molar-refractivity contribution < 1.29 is 4.74 Å². The van der Waals surface area contributed by atoms with Gasteiger partial charge in [-0.2, -0.15) is 0 Å². The van der Waals surface area contributed by atoms with Crippen molar-refractivity contribution in [3.63, 3.8) is 0 Å². The van der Waals surface area contributed by atoms with Crippen LogP contribution in [0.4, 0.5) is 0 Å². The molecule has 0 saturated carbocycles. The highest BCUT2D eigenvalue weighted by Crippen LogP contribution is 2.37. The molecule has 1 heterocycles. The van der Waals surface area contributed by atoms with E-state index in [1.807, 2.05) is 13.0 Å². The van der Waals surface area contributed by atoms with Gasteiger partial charge in [0.2, 0.25) is 0 Å². The molecule has 1 aliphatic rings. The minimum Gasteiger partial charge on any atom is -0.496 e. The molecule has 1 N–H and O–H groups in total. The number of hydrogen-bond acceptors (Lipinski definition) is 3. The minimum atomic E-state index is 0.326. The maximum absolute atomic E-state index is 6.38. The zero-order chi connectivity index (χ0) is 13.3. The van der Waals surface area contributed by atoms with Gasteiger partial charge in [-0.3, -0.25) is 4.90 Å². The molecule has 1 aromatic carbocycles. The molecule has 0 amide bonds. The summed E-state index contributed by atoms with van der Waals surface area (Å²) in [5, 5.41) is 4.29. The molecule has 1 aliphatic heterocycles. The lowest BCUT2D eigenvalue weighted by molar-refractivity contribution is 0.197. The Balaban J connectivity index is 2.51. The van der Waals surface area contributed by atoms with Crippen LogP contribution in [0.5, 0.6) is 5.75 Å². The second-order valence-electron chi connectivity index (χ2n) is 4.95. The largest absolute Gasteiger partial charge is 0.496 e. The van der Waals surface area contributed by atoms with Gasteiger partial charge in [0.15, 0.2) is 0 Å². The molecule has 4 heteroatoms. The van der Waals surface area contributed by atoms with Crippen LogP contribution in [-0.2, 0) is 0 Å². The second kappa shape index (κ2) is 5.47. The maximum Gasteiger partial charge on any atom is 0.124 e. The molecule has 1 unspecified atom stereocenters. The Bertz CT molecular complexity index is 448. The Kier molecular flexibility index (Phi) is 4.15. The van der Waals surface area contributed by atoms with Crippen LogP contribution in [0, 0.1) is 13.8 Å². The Morgan fingerprint density at radius 3 is 2.78 bits per heavy atom. The number of methoxy groups -OCH3 is 1. The number of nitrogens with one attached hydrogen (secondary N) is 1. The summed E-state index contributed by atoms with van der Waals surface area (Å²) in [6, 6.07) is 2.36. The summed E-state index contributed by atoms with van der Waals surface area (Å²) in [6.45, 7) is 7.11.